The molecular weight excluding hydrogens is 280 g/mol. The van der Waals surface area contributed by atoms with Crippen molar-refractivity contribution in [1.29, 1.82) is 0 Å². The first kappa shape index (κ1) is 15.5. The maximum absolute atomic E-state index is 12.2. The van der Waals surface area contributed by atoms with Gasteiger partial charge < -0.3 is 14.4 Å². The molecule has 2 rings (SSSR count). The van der Waals surface area contributed by atoms with Gasteiger partial charge in [0.25, 0.3) is 0 Å². The van der Waals surface area contributed by atoms with Crippen molar-refractivity contribution in [2.24, 2.45) is 5.92 Å². The molecule has 0 saturated carbocycles. The Morgan fingerprint density at radius 3 is 2.90 bits per heavy atom. The van der Waals surface area contributed by atoms with Crippen LogP contribution in [0.1, 0.15) is 25.5 Å². The second-order valence-corrected chi connectivity index (χ2v) is 6.79. The van der Waals surface area contributed by atoms with E-state index in [4.69, 9.17) is 4.74 Å². The number of aliphatic hydroxyl groups excluding tert-OH is 1. The van der Waals surface area contributed by atoms with Gasteiger partial charge >= 0.3 is 0 Å². The predicted molar refractivity (Wildman–Crippen MR) is 74.8 cm³/mol. The highest BCUT2D eigenvalue weighted by Gasteiger charge is 2.20. The van der Waals surface area contributed by atoms with Crippen LogP contribution in [-0.4, -0.2) is 37.8 Å². The van der Waals surface area contributed by atoms with Gasteiger partial charge in [-0.1, -0.05) is 0 Å². The van der Waals surface area contributed by atoms with Crippen LogP contribution in [0, 0.1) is 5.92 Å². The quantitative estimate of drug-likeness (QED) is 0.777. The highest BCUT2D eigenvalue weighted by atomic mass is 32.2. The number of hydrogen-bond acceptors (Lipinski definition) is 4. The monoisotopic (exact) mass is 302 g/mol. The standard InChI is InChI=1S/C13H22N2O4S/c1-2-15-8-13(7-12(15)9-16)20(17,18)14-5-3-11-4-6-19-10-11/h7-8,11,14,16H,2-6,9-10H2,1H3. The minimum atomic E-state index is -3.50. The van der Waals surface area contributed by atoms with E-state index in [0.29, 0.717) is 24.7 Å². The van der Waals surface area contributed by atoms with Crippen LogP contribution >= 0.6 is 0 Å². The second-order valence-electron chi connectivity index (χ2n) is 5.03. The number of ether oxygens (including phenoxy) is 1. The number of nitrogens with one attached hydrogen (secondary N) is 1. The summed E-state index contributed by atoms with van der Waals surface area (Å²) in [5, 5.41) is 9.20. The topological polar surface area (TPSA) is 80.6 Å². The van der Waals surface area contributed by atoms with E-state index >= 15 is 0 Å². The fourth-order valence-electron chi connectivity index (χ4n) is 2.39. The molecule has 1 aromatic rings. The first-order valence-corrected chi connectivity index (χ1v) is 8.42. The lowest BCUT2D eigenvalue weighted by molar-refractivity contribution is 0.184. The smallest absolute Gasteiger partial charge is 0.242 e. The Bertz CT molecular complexity index is 511. The first-order valence-electron chi connectivity index (χ1n) is 6.94. The second kappa shape index (κ2) is 6.71. The van der Waals surface area contributed by atoms with Crippen molar-refractivity contribution >= 4 is 10.0 Å². The summed E-state index contributed by atoms with van der Waals surface area (Å²) in [4.78, 5) is 0.214. The summed E-state index contributed by atoms with van der Waals surface area (Å²) in [6, 6.07) is 1.52. The van der Waals surface area contributed by atoms with Crippen LogP contribution in [0.3, 0.4) is 0 Å². The number of rotatable bonds is 7. The number of aliphatic hydroxyl groups is 1. The molecule has 0 aromatic carbocycles. The SMILES string of the molecule is CCn1cc(S(=O)(=O)NCCC2CCOC2)cc1CO. The number of aryl methyl sites for hydroxylation is 1. The van der Waals surface area contributed by atoms with Crippen molar-refractivity contribution in [2.75, 3.05) is 19.8 Å². The predicted octanol–water partition coefficient (Wildman–Crippen LogP) is 0.705. The van der Waals surface area contributed by atoms with Gasteiger partial charge in [0, 0.05) is 38.2 Å². The summed E-state index contributed by atoms with van der Waals surface area (Å²) in [5.74, 6) is 0.450. The van der Waals surface area contributed by atoms with Crippen LogP contribution in [0.15, 0.2) is 17.2 Å². The van der Waals surface area contributed by atoms with E-state index in [0.717, 1.165) is 26.1 Å². The maximum Gasteiger partial charge on any atom is 0.242 e. The van der Waals surface area contributed by atoms with Crippen LogP contribution in [-0.2, 0) is 27.9 Å². The van der Waals surface area contributed by atoms with Crippen molar-refractivity contribution in [3.63, 3.8) is 0 Å². The molecule has 114 valence electrons. The molecule has 1 aliphatic heterocycles. The molecule has 0 aliphatic carbocycles. The molecule has 2 heterocycles. The Hall–Kier alpha value is -0.890. The van der Waals surface area contributed by atoms with E-state index in [1.54, 1.807) is 10.8 Å². The summed E-state index contributed by atoms with van der Waals surface area (Å²) in [7, 11) is -3.50. The lowest BCUT2D eigenvalue weighted by Crippen LogP contribution is -2.26. The molecule has 6 nitrogen and oxygen atoms in total. The summed E-state index contributed by atoms with van der Waals surface area (Å²) in [6.45, 7) is 4.29. The fraction of sp³-hybridized carbons (Fsp3) is 0.692. The summed E-state index contributed by atoms with van der Waals surface area (Å²) < 4.78 is 33.9. The summed E-state index contributed by atoms with van der Waals surface area (Å²) >= 11 is 0. The van der Waals surface area contributed by atoms with Gasteiger partial charge in [0.1, 0.15) is 0 Å². The zero-order chi connectivity index (χ0) is 14.6. The third-order valence-electron chi connectivity index (χ3n) is 3.64. The molecule has 1 atom stereocenters. The Morgan fingerprint density at radius 1 is 1.55 bits per heavy atom. The number of sulfonamides is 1. The molecule has 1 saturated heterocycles. The Kier molecular flexibility index (Phi) is 5.20. The van der Waals surface area contributed by atoms with Crippen molar-refractivity contribution in [3.05, 3.63) is 18.0 Å². The normalized spacial score (nSPS) is 19.6. The number of aromatic nitrogens is 1. The Labute approximate surface area is 119 Å². The van der Waals surface area contributed by atoms with Gasteiger partial charge in [-0.25, -0.2) is 13.1 Å². The van der Waals surface area contributed by atoms with Crippen molar-refractivity contribution in [3.8, 4) is 0 Å². The summed E-state index contributed by atoms with van der Waals surface area (Å²) in [5.41, 5.74) is 0.608. The molecule has 0 bridgehead atoms. The zero-order valence-electron chi connectivity index (χ0n) is 11.7. The van der Waals surface area contributed by atoms with Gasteiger partial charge in [0.05, 0.1) is 11.5 Å². The van der Waals surface area contributed by atoms with Crippen molar-refractivity contribution in [2.45, 2.75) is 37.8 Å². The van der Waals surface area contributed by atoms with E-state index in [1.807, 2.05) is 6.92 Å². The van der Waals surface area contributed by atoms with Crippen LogP contribution < -0.4 is 4.72 Å². The molecule has 7 heteroatoms. The highest BCUT2D eigenvalue weighted by Crippen LogP contribution is 2.17. The molecule has 1 aromatic heterocycles. The van der Waals surface area contributed by atoms with E-state index < -0.39 is 10.0 Å². The van der Waals surface area contributed by atoms with Crippen molar-refractivity contribution < 1.29 is 18.3 Å². The Balaban J connectivity index is 1.96. The van der Waals surface area contributed by atoms with Gasteiger partial charge in [-0.05, 0) is 31.7 Å². The lowest BCUT2D eigenvalue weighted by atomic mass is 10.1. The minimum Gasteiger partial charge on any atom is -0.390 e. The average molecular weight is 302 g/mol. The average Bonchev–Trinajstić information content (AvgIpc) is 3.07. The van der Waals surface area contributed by atoms with E-state index in [2.05, 4.69) is 4.72 Å². The molecule has 0 spiro atoms. The van der Waals surface area contributed by atoms with Gasteiger partial charge in [0.15, 0.2) is 0 Å². The first-order chi connectivity index (χ1) is 9.56. The largest absolute Gasteiger partial charge is 0.390 e. The Morgan fingerprint density at radius 2 is 2.35 bits per heavy atom. The zero-order valence-corrected chi connectivity index (χ0v) is 12.5. The van der Waals surface area contributed by atoms with Crippen LogP contribution in [0.5, 0.6) is 0 Å². The van der Waals surface area contributed by atoms with Gasteiger partial charge in [-0.15, -0.1) is 0 Å². The lowest BCUT2D eigenvalue weighted by Gasteiger charge is -2.08. The molecule has 20 heavy (non-hydrogen) atoms. The summed E-state index contributed by atoms with van der Waals surface area (Å²) in [6.07, 6.45) is 3.36. The van der Waals surface area contributed by atoms with Crippen LogP contribution in [0.25, 0.3) is 0 Å². The molecule has 0 amide bonds. The number of hydrogen-bond donors (Lipinski definition) is 2. The van der Waals surface area contributed by atoms with Crippen LogP contribution in [0.4, 0.5) is 0 Å². The van der Waals surface area contributed by atoms with E-state index in [-0.39, 0.29) is 11.5 Å². The highest BCUT2D eigenvalue weighted by molar-refractivity contribution is 7.89. The van der Waals surface area contributed by atoms with Gasteiger partial charge in [-0.2, -0.15) is 0 Å². The minimum absolute atomic E-state index is 0.164. The molecule has 1 unspecified atom stereocenters. The molecule has 1 fully saturated rings. The third-order valence-corrected chi connectivity index (χ3v) is 5.07. The maximum atomic E-state index is 12.2. The van der Waals surface area contributed by atoms with Crippen molar-refractivity contribution in [1.82, 2.24) is 9.29 Å². The van der Waals surface area contributed by atoms with Gasteiger partial charge in [-0.3, -0.25) is 0 Å². The molecular formula is C13H22N2O4S. The van der Waals surface area contributed by atoms with Crippen LogP contribution in [0.2, 0.25) is 0 Å². The number of nitrogens with zero attached hydrogens (tertiary/aromatic N) is 1. The molecule has 2 N–H and O–H groups in total. The van der Waals surface area contributed by atoms with E-state index in [9.17, 15) is 13.5 Å². The third kappa shape index (κ3) is 3.60. The fourth-order valence-corrected chi connectivity index (χ4v) is 3.50. The van der Waals surface area contributed by atoms with Gasteiger partial charge in [0.2, 0.25) is 10.0 Å². The van der Waals surface area contributed by atoms with E-state index in [1.165, 1.54) is 6.07 Å². The molecule has 0 radical (unpaired) electrons. The molecule has 1 aliphatic rings.